The van der Waals surface area contributed by atoms with Gasteiger partial charge in [-0.05, 0) is 12.1 Å². The maximum absolute atomic E-state index is 12.7. The Kier molecular flexibility index (Phi) is 2.93. The minimum absolute atomic E-state index is 0.732. The van der Waals surface area contributed by atoms with Gasteiger partial charge in [0.05, 0.1) is 5.56 Å². The van der Waals surface area contributed by atoms with Crippen LogP contribution in [0.1, 0.15) is 5.56 Å². The molecular formula is C8H5F5O. The first-order valence-corrected chi connectivity index (χ1v) is 3.53. The molecule has 0 aliphatic heterocycles. The van der Waals surface area contributed by atoms with Gasteiger partial charge in [-0.3, -0.25) is 0 Å². The van der Waals surface area contributed by atoms with Crippen LogP contribution in [-0.2, 0) is 6.67 Å². The highest BCUT2D eigenvalue weighted by Gasteiger charge is 2.32. The highest BCUT2D eigenvalue weighted by Crippen LogP contribution is 2.28. The van der Waals surface area contributed by atoms with Crippen molar-refractivity contribution >= 4 is 0 Å². The van der Waals surface area contributed by atoms with Gasteiger partial charge in [0, 0.05) is 0 Å². The summed E-state index contributed by atoms with van der Waals surface area (Å²) < 4.78 is 63.5. The van der Waals surface area contributed by atoms with Crippen LogP contribution < -0.4 is 4.74 Å². The lowest BCUT2D eigenvalue weighted by Gasteiger charge is -2.11. The zero-order valence-electron chi connectivity index (χ0n) is 6.74. The maximum Gasteiger partial charge on any atom is 0.573 e. The molecule has 0 bridgehead atoms. The molecule has 0 heterocycles. The highest BCUT2D eigenvalue weighted by molar-refractivity contribution is 5.34. The minimum Gasteiger partial charge on any atom is -0.405 e. The van der Waals surface area contributed by atoms with Crippen LogP contribution in [-0.4, -0.2) is 6.36 Å². The van der Waals surface area contributed by atoms with E-state index < -0.39 is 30.2 Å². The van der Waals surface area contributed by atoms with E-state index in [4.69, 9.17) is 0 Å². The van der Waals surface area contributed by atoms with Gasteiger partial charge in [0.25, 0.3) is 0 Å². The zero-order valence-corrected chi connectivity index (χ0v) is 6.74. The molecule has 0 amide bonds. The van der Waals surface area contributed by atoms with Gasteiger partial charge in [0.2, 0.25) is 0 Å². The molecule has 1 aromatic rings. The summed E-state index contributed by atoms with van der Waals surface area (Å²) in [6, 6.07) is 2.72. The molecule has 0 aliphatic rings. The van der Waals surface area contributed by atoms with Gasteiger partial charge in [0.15, 0.2) is 0 Å². The van der Waals surface area contributed by atoms with Crippen molar-refractivity contribution in [3.8, 4) is 5.75 Å². The predicted molar refractivity (Wildman–Crippen MR) is 37.9 cm³/mol. The van der Waals surface area contributed by atoms with Crippen LogP contribution in [0.2, 0.25) is 0 Å². The fourth-order valence-electron chi connectivity index (χ4n) is 0.889. The third-order valence-electron chi connectivity index (χ3n) is 1.44. The van der Waals surface area contributed by atoms with Crippen LogP contribution in [0.4, 0.5) is 22.0 Å². The topological polar surface area (TPSA) is 9.23 Å². The third-order valence-corrected chi connectivity index (χ3v) is 1.44. The Morgan fingerprint density at radius 1 is 1.21 bits per heavy atom. The minimum atomic E-state index is -4.95. The molecule has 0 saturated carbocycles. The molecular weight excluding hydrogens is 207 g/mol. The summed E-state index contributed by atoms with van der Waals surface area (Å²) in [5.41, 5.74) is -0.732. The van der Waals surface area contributed by atoms with E-state index in [0.717, 1.165) is 18.2 Å². The monoisotopic (exact) mass is 212 g/mol. The predicted octanol–water partition coefficient (Wildman–Crippen LogP) is 3.19. The molecule has 0 aliphatic carbocycles. The third kappa shape index (κ3) is 2.58. The normalized spacial score (nSPS) is 11.5. The van der Waals surface area contributed by atoms with Gasteiger partial charge in [-0.1, -0.05) is 6.07 Å². The molecule has 1 aromatic carbocycles. The average Bonchev–Trinajstić information content (AvgIpc) is 2.01. The standard InChI is InChI=1S/C8H5F5O/c9-4-5-6(10)2-1-3-7(5)14-8(11,12)13/h1-3H,4H2. The molecule has 0 aromatic heterocycles. The van der Waals surface area contributed by atoms with Crippen LogP contribution >= 0.6 is 0 Å². The van der Waals surface area contributed by atoms with Crippen molar-refractivity contribution in [3.05, 3.63) is 29.6 Å². The van der Waals surface area contributed by atoms with Gasteiger partial charge in [0.1, 0.15) is 18.2 Å². The van der Waals surface area contributed by atoms with Crippen molar-refractivity contribution in [2.24, 2.45) is 0 Å². The van der Waals surface area contributed by atoms with Crippen LogP contribution in [0.25, 0.3) is 0 Å². The number of alkyl halides is 4. The Bertz CT molecular complexity index is 320. The van der Waals surface area contributed by atoms with Gasteiger partial charge in [-0.15, -0.1) is 13.2 Å². The lowest BCUT2D eigenvalue weighted by atomic mass is 10.2. The van der Waals surface area contributed by atoms with E-state index in [-0.39, 0.29) is 0 Å². The van der Waals surface area contributed by atoms with Crippen molar-refractivity contribution in [1.29, 1.82) is 0 Å². The summed E-state index contributed by atoms with van der Waals surface area (Å²) in [4.78, 5) is 0. The van der Waals surface area contributed by atoms with E-state index in [9.17, 15) is 22.0 Å². The summed E-state index contributed by atoms with van der Waals surface area (Å²) in [5.74, 6) is -1.91. The van der Waals surface area contributed by atoms with Crippen LogP contribution in [0.3, 0.4) is 0 Å². The first-order valence-electron chi connectivity index (χ1n) is 3.53. The lowest BCUT2D eigenvalue weighted by Crippen LogP contribution is -2.18. The Balaban J connectivity index is 3.02. The van der Waals surface area contributed by atoms with Crippen molar-refractivity contribution in [2.45, 2.75) is 13.0 Å². The molecule has 0 fully saturated rings. The zero-order chi connectivity index (χ0) is 10.8. The smallest absolute Gasteiger partial charge is 0.405 e. The molecule has 0 N–H and O–H groups in total. The van der Waals surface area contributed by atoms with E-state index in [1.54, 1.807) is 0 Å². The molecule has 0 atom stereocenters. The molecule has 1 rings (SSSR count). The van der Waals surface area contributed by atoms with Crippen molar-refractivity contribution in [3.63, 3.8) is 0 Å². The highest BCUT2D eigenvalue weighted by atomic mass is 19.4. The Hall–Kier alpha value is -1.33. The summed E-state index contributed by atoms with van der Waals surface area (Å²) in [6.07, 6.45) is -4.95. The van der Waals surface area contributed by atoms with Crippen LogP contribution in [0, 0.1) is 5.82 Å². The van der Waals surface area contributed by atoms with Crippen molar-refractivity contribution in [2.75, 3.05) is 0 Å². The summed E-state index contributed by atoms with van der Waals surface area (Å²) in [7, 11) is 0. The average molecular weight is 212 g/mol. The quantitative estimate of drug-likeness (QED) is 0.684. The molecule has 0 spiro atoms. The Morgan fingerprint density at radius 2 is 1.86 bits per heavy atom. The molecule has 6 heteroatoms. The van der Waals surface area contributed by atoms with E-state index >= 15 is 0 Å². The number of hydrogen-bond donors (Lipinski definition) is 0. The van der Waals surface area contributed by atoms with E-state index in [1.807, 2.05) is 0 Å². The fourth-order valence-corrected chi connectivity index (χ4v) is 0.889. The number of hydrogen-bond acceptors (Lipinski definition) is 1. The second-order valence-electron chi connectivity index (χ2n) is 2.40. The molecule has 0 radical (unpaired) electrons. The summed E-state index contributed by atoms with van der Waals surface area (Å²) >= 11 is 0. The number of halogens is 5. The largest absolute Gasteiger partial charge is 0.573 e. The van der Waals surface area contributed by atoms with Gasteiger partial charge >= 0.3 is 6.36 Å². The maximum atomic E-state index is 12.7. The first kappa shape index (κ1) is 10.7. The molecule has 14 heavy (non-hydrogen) atoms. The van der Waals surface area contributed by atoms with Gasteiger partial charge < -0.3 is 4.74 Å². The summed E-state index contributed by atoms with van der Waals surface area (Å²) in [6.45, 7) is -1.35. The van der Waals surface area contributed by atoms with E-state index in [0.29, 0.717) is 0 Å². The number of ether oxygens (including phenoxy) is 1. The first-order chi connectivity index (χ1) is 6.44. The molecule has 0 saturated heterocycles. The molecule has 1 nitrogen and oxygen atoms in total. The van der Waals surface area contributed by atoms with Crippen LogP contribution in [0.15, 0.2) is 18.2 Å². The SMILES string of the molecule is FCc1c(F)cccc1OC(F)(F)F. The van der Waals surface area contributed by atoms with E-state index in [2.05, 4.69) is 4.74 Å². The van der Waals surface area contributed by atoms with Gasteiger partial charge in [-0.25, -0.2) is 8.78 Å². The second kappa shape index (κ2) is 3.81. The Labute approximate surface area is 76.1 Å². The van der Waals surface area contributed by atoms with Crippen molar-refractivity contribution < 1.29 is 26.7 Å². The van der Waals surface area contributed by atoms with Gasteiger partial charge in [-0.2, -0.15) is 0 Å². The number of rotatable bonds is 2. The summed E-state index contributed by atoms with van der Waals surface area (Å²) in [5, 5.41) is 0. The Morgan fingerprint density at radius 3 is 2.36 bits per heavy atom. The number of benzene rings is 1. The second-order valence-corrected chi connectivity index (χ2v) is 2.40. The van der Waals surface area contributed by atoms with Crippen molar-refractivity contribution in [1.82, 2.24) is 0 Å². The van der Waals surface area contributed by atoms with Crippen LogP contribution in [0.5, 0.6) is 5.75 Å². The molecule has 78 valence electrons. The fraction of sp³-hybridized carbons (Fsp3) is 0.250. The van der Waals surface area contributed by atoms with E-state index in [1.165, 1.54) is 0 Å². The lowest BCUT2D eigenvalue weighted by molar-refractivity contribution is -0.275. The molecule has 0 unspecified atom stereocenters.